The molecule has 9 aromatic carbocycles. The Hall–Kier alpha value is -6.65. The molecule has 0 N–H and O–H groups in total. The van der Waals surface area contributed by atoms with Gasteiger partial charge in [0.05, 0.1) is 5.56 Å². The van der Waals surface area contributed by atoms with E-state index in [0.29, 0.717) is 17.5 Å². The quantitative estimate of drug-likeness (QED) is 0.184. The van der Waals surface area contributed by atoms with Crippen LogP contribution in [-0.2, 0) is 0 Å². The van der Waals surface area contributed by atoms with Gasteiger partial charge in [-0.3, -0.25) is 0 Å². The maximum atomic E-state index is 6.85. The van der Waals surface area contributed by atoms with Gasteiger partial charge >= 0.3 is 0 Å². The summed E-state index contributed by atoms with van der Waals surface area (Å²) in [6, 6.07) is 53.2. The molecule has 0 saturated carbocycles. The van der Waals surface area contributed by atoms with Gasteiger partial charge < -0.3 is 4.74 Å². The van der Waals surface area contributed by atoms with Crippen molar-refractivity contribution in [3.8, 4) is 45.7 Å². The number of rotatable bonds is 3. The predicted octanol–water partition coefficient (Wildman–Crippen LogP) is 11.9. The third-order valence-corrected chi connectivity index (χ3v) is 10.0. The molecule has 0 spiro atoms. The molecule has 0 amide bonds. The highest BCUT2D eigenvalue weighted by atomic mass is 16.5. The largest absolute Gasteiger partial charge is 0.455 e. The van der Waals surface area contributed by atoms with Gasteiger partial charge in [0, 0.05) is 32.7 Å². The van der Waals surface area contributed by atoms with Gasteiger partial charge in [-0.05, 0) is 61.3 Å². The van der Waals surface area contributed by atoms with Crippen molar-refractivity contribution in [3.63, 3.8) is 0 Å². The Morgan fingerprint density at radius 1 is 0.347 bits per heavy atom. The van der Waals surface area contributed by atoms with Crippen LogP contribution in [0.15, 0.2) is 152 Å². The minimum absolute atomic E-state index is 0.575. The Bertz CT molecular complexity index is 3020. The van der Waals surface area contributed by atoms with Crippen molar-refractivity contribution in [2.45, 2.75) is 0 Å². The first-order chi connectivity index (χ1) is 24.3. The SMILES string of the molecule is c1ccc(-c2nc(-c3ccc4ccc5ccc6cccc7c6c5c4c3O7)nc(-c3cc4ccccc4c4ccc5ccccc5c34)n2)cc1. The van der Waals surface area contributed by atoms with Crippen LogP contribution in [0.5, 0.6) is 11.5 Å². The Morgan fingerprint density at radius 2 is 0.959 bits per heavy atom. The van der Waals surface area contributed by atoms with Crippen LogP contribution in [0.4, 0.5) is 0 Å². The second kappa shape index (κ2) is 9.93. The first-order valence-corrected chi connectivity index (χ1v) is 16.5. The van der Waals surface area contributed by atoms with Crippen molar-refractivity contribution in [1.82, 2.24) is 15.0 Å². The van der Waals surface area contributed by atoms with Crippen LogP contribution in [-0.4, -0.2) is 15.0 Å². The molecule has 10 aromatic rings. The molecule has 0 atom stereocenters. The van der Waals surface area contributed by atoms with E-state index in [0.717, 1.165) is 60.5 Å². The van der Waals surface area contributed by atoms with E-state index in [1.54, 1.807) is 0 Å². The van der Waals surface area contributed by atoms with E-state index in [9.17, 15) is 0 Å². The Labute approximate surface area is 280 Å². The summed E-state index contributed by atoms with van der Waals surface area (Å²) in [6.07, 6.45) is 0. The molecule has 0 saturated heterocycles. The molecule has 4 heteroatoms. The van der Waals surface area contributed by atoms with Crippen LogP contribution in [0, 0.1) is 0 Å². The summed E-state index contributed by atoms with van der Waals surface area (Å²) in [5.41, 5.74) is 2.73. The standard InChI is InChI=1S/C45H25N3O/c1-2-10-30(11-3-1)43-46-44(35-24-22-29-20-19-28-18-17-27-13-8-16-37-38(27)39(28)40(29)42(35)49-37)48-45(47-43)36-25-31-12-5-6-14-32(31)34-23-21-26-9-4-7-15-33(26)41(34)36/h1-25H. The van der Waals surface area contributed by atoms with Crippen molar-refractivity contribution in [2.75, 3.05) is 0 Å². The smallest absolute Gasteiger partial charge is 0.167 e. The maximum absolute atomic E-state index is 6.85. The second-order valence-corrected chi connectivity index (χ2v) is 12.8. The van der Waals surface area contributed by atoms with Crippen LogP contribution < -0.4 is 4.74 Å². The van der Waals surface area contributed by atoms with Crippen molar-refractivity contribution in [3.05, 3.63) is 152 Å². The van der Waals surface area contributed by atoms with Gasteiger partial charge in [0.15, 0.2) is 17.5 Å². The molecule has 226 valence electrons. The fourth-order valence-electron chi connectivity index (χ4n) is 7.81. The van der Waals surface area contributed by atoms with Crippen molar-refractivity contribution in [1.29, 1.82) is 0 Å². The number of ether oxygens (including phenoxy) is 1. The zero-order chi connectivity index (χ0) is 32.1. The molecule has 0 bridgehead atoms. The molecular weight excluding hydrogens is 599 g/mol. The first kappa shape index (κ1) is 26.4. The zero-order valence-corrected chi connectivity index (χ0v) is 26.2. The number of nitrogens with zero attached hydrogens (tertiary/aromatic N) is 3. The highest BCUT2D eigenvalue weighted by Gasteiger charge is 2.25. The minimum Gasteiger partial charge on any atom is -0.455 e. The Morgan fingerprint density at radius 3 is 1.80 bits per heavy atom. The van der Waals surface area contributed by atoms with E-state index >= 15 is 0 Å². The highest BCUT2D eigenvalue weighted by Crippen LogP contribution is 2.50. The third-order valence-electron chi connectivity index (χ3n) is 10.0. The number of hydrogen-bond donors (Lipinski definition) is 0. The normalized spacial score (nSPS) is 12.2. The third kappa shape index (κ3) is 3.83. The zero-order valence-electron chi connectivity index (χ0n) is 26.2. The van der Waals surface area contributed by atoms with E-state index in [-0.39, 0.29) is 0 Å². The summed E-state index contributed by atoms with van der Waals surface area (Å²) in [5, 5.41) is 13.9. The van der Waals surface area contributed by atoms with Gasteiger partial charge in [0.2, 0.25) is 0 Å². The fraction of sp³-hybridized carbons (Fsp3) is 0. The molecule has 2 heterocycles. The summed E-state index contributed by atoms with van der Waals surface area (Å²) >= 11 is 0. The van der Waals surface area contributed by atoms with Crippen LogP contribution >= 0.6 is 0 Å². The highest BCUT2D eigenvalue weighted by molar-refractivity contribution is 6.26. The number of benzene rings is 9. The second-order valence-electron chi connectivity index (χ2n) is 12.8. The van der Waals surface area contributed by atoms with Crippen molar-refractivity contribution >= 4 is 64.6 Å². The van der Waals surface area contributed by atoms with E-state index in [2.05, 4.69) is 133 Å². The Kier molecular flexibility index (Phi) is 5.35. The van der Waals surface area contributed by atoms with Crippen LogP contribution in [0.1, 0.15) is 0 Å². The van der Waals surface area contributed by atoms with Gasteiger partial charge in [-0.2, -0.15) is 0 Å². The van der Waals surface area contributed by atoms with Gasteiger partial charge in [0.25, 0.3) is 0 Å². The maximum Gasteiger partial charge on any atom is 0.167 e. The molecule has 1 aliphatic rings. The summed E-state index contributed by atoms with van der Waals surface area (Å²) in [7, 11) is 0. The number of fused-ring (bicyclic) bond motifs is 5. The van der Waals surface area contributed by atoms with Gasteiger partial charge in [-0.25, -0.2) is 15.0 Å². The number of aromatic nitrogens is 3. The topological polar surface area (TPSA) is 47.9 Å². The number of hydrogen-bond acceptors (Lipinski definition) is 4. The molecule has 49 heavy (non-hydrogen) atoms. The minimum atomic E-state index is 0.575. The Balaban J connectivity index is 1.26. The monoisotopic (exact) mass is 623 g/mol. The molecule has 0 unspecified atom stereocenters. The average molecular weight is 624 g/mol. The van der Waals surface area contributed by atoms with Crippen LogP contribution in [0.3, 0.4) is 0 Å². The summed E-state index contributed by atoms with van der Waals surface area (Å²) in [4.78, 5) is 15.7. The molecule has 0 fully saturated rings. The molecule has 1 aliphatic heterocycles. The fourth-order valence-corrected chi connectivity index (χ4v) is 7.81. The van der Waals surface area contributed by atoms with Crippen molar-refractivity contribution < 1.29 is 4.74 Å². The lowest BCUT2D eigenvalue weighted by Gasteiger charge is -2.22. The molecule has 0 radical (unpaired) electrons. The van der Waals surface area contributed by atoms with Crippen LogP contribution in [0.25, 0.3) is 98.8 Å². The van der Waals surface area contributed by atoms with E-state index in [1.807, 2.05) is 18.2 Å². The van der Waals surface area contributed by atoms with E-state index in [4.69, 9.17) is 19.7 Å². The molecule has 4 nitrogen and oxygen atoms in total. The first-order valence-electron chi connectivity index (χ1n) is 16.5. The lowest BCUT2D eigenvalue weighted by molar-refractivity contribution is 0.494. The molecule has 11 rings (SSSR count). The van der Waals surface area contributed by atoms with Crippen molar-refractivity contribution in [2.24, 2.45) is 0 Å². The molecular formula is C45H25N3O. The van der Waals surface area contributed by atoms with E-state index in [1.165, 1.54) is 32.3 Å². The van der Waals surface area contributed by atoms with E-state index < -0.39 is 0 Å². The van der Waals surface area contributed by atoms with Crippen LogP contribution in [0.2, 0.25) is 0 Å². The van der Waals surface area contributed by atoms with Gasteiger partial charge in [-0.1, -0.05) is 133 Å². The lowest BCUT2D eigenvalue weighted by atomic mass is 9.92. The summed E-state index contributed by atoms with van der Waals surface area (Å²) < 4.78 is 6.85. The lowest BCUT2D eigenvalue weighted by Crippen LogP contribution is -2.03. The summed E-state index contributed by atoms with van der Waals surface area (Å²) in [6.45, 7) is 0. The predicted molar refractivity (Wildman–Crippen MR) is 201 cm³/mol. The average Bonchev–Trinajstić information content (AvgIpc) is 3.17. The molecule has 0 aliphatic carbocycles. The van der Waals surface area contributed by atoms with Gasteiger partial charge in [-0.15, -0.1) is 0 Å². The summed E-state index contributed by atoms with van der Waals surface area (Å²) in [5.74, 6) is 3.44. The van der Waals surface area contributed by atoms with Gasteiger partial charge in [0.1, 0.15) is 11.5 Å². The molecule has 1 aromatic heterocycles.